The average molecular weight is 267 g/mol. The fraction of sp³-hybridized carbons (Fsp3) is 0.500. The lowest BCUT2D eigenvalue weighted by Crippen LogP contribution is -2.55. The summed E-state index contributed by atoms with van der Waals surface area (Å²) >= 11 is 0. The lowest BCUT2D eigenvalue weighted by molar-refractivity contribution is -0.0528. The molecule has 1 aliphatic heterocycles. The Morgan fingerprint density at radius 2 is 2.37 bits per heavy atom. The largest absolute Gasteiger partial charge is 0.394 e. The molecule has 0 amide bonds. The number of terminal acetylenes is 1. The first-order valence-corrected chi connectivity index (χ1v) is 5.36. The summed E-state index contributed by atoms with van der Waals surface area (Å²) in [4.78, 5) is 15.2. The first-order chi connectivity index (χ1) is 8.93. The maximum Gasteiger partial charge on any atom is 0.368 e. The zero-order valence-electron chi connectivity index (χ0n) is 9.80. The van der Waals surface area contributed by atoms with Gasteiger partial charge in [0.2, 0.25) is 0 Å². The molecule has 4 atom stereocenters. The molecule has 0 saturated carbocycles. The highest BCUT2D eigenvalue weighted by atomic mass is 16.5. The Hall–Kier alpha value is -1.99. The van der Waals surface area contributed by atoms with Crippen molar-refractivity contribution in [2.45, 2.75) is 24.0 Å². The highest BCUT2D eigenvalue weighted by Crippen LogP contribution is 2.34. The van der Waals surface area contributed by atoms with Crippen LogP contribution in [0.25, 0.3) is 0 Å². The number of rotatable bonds is 2. The molecule has 0 aliphatic carbocycles. The van der Waals surface area contributed by atoms with Crippen LogP contribution in [0.4, 0.5) is 5.82 Å². The van der Waals surface area contributed by atoms with Crippen LogP contribution in [0.15, 0.2) is 11.0 Å². The lowest BCUT2D eigenvalue weighted by atomic mass is 9.92. The molecule has 1 saturated heterocycles. The molecule has 9 nitrogen and oxygen atoms in total. The van der Waals surface area contributed by atoms with Gasteiger partial charge in [-0.3, -0.25) is 0 Å². The predicted molar refractivity (Wildman–Crippen MR) is 63.5 cm³/mol. The van der Waals surface area contributed by atoms with Gasteiger partial charge in [0, 0.05) is 0 Å². The molecule has 6 N–H and O–H groups in total. The van der Waals surface area contributed by atoms with Crippen LogP contribution in [0.2, 0.25) is 0 Å². The molecule has 102 valence electrons. The molecule has 1 aromatic heterocycles. The van der Waals surface area contributed by atoms with E-state index in [-0.39, 0.29) is 5.82 Å². The van der Waals surface area contributed by atoms with Gasteiger partial charge in [0.1, 0.15) is 18.0 Å². The van der Waals surface area contributed by atoms with Gasteiger partial charge in [0.05, 0.1) is 12.8 Å². The topological polar surface area (TPSA) is 150 Å². The number of anilines is 1. The zero-order valence-corrected chi connectivity index (χ0v) is 9.80. The van der Waals surface area contributed by atoms with E-state index in [9.17, 15) is 9.90 Å². The molecule has 1 fully saturated rings. The predicted octanol–water partition coefficient (Wildman–Crippen LogP) is -3.20. The van der Waals surface area contributed by atoms with Crippen molar-refractivity contribution in [1.29, 1.82) is 0 Å². The molecular formula is C10H13N5O4. The minimum absolute atomic E-state index is 0.0677. The maximum absolute atomic E-state index is 11.7. The van der Waals surface area contributed by atoms with Gasteiger partial charge in [-0.25, -0.2) is 4.79 Å². The van der Waals surface area contributed by atoms with Gasteiger partial charge < -0.3 is 26.4 Å². The molecule has 9 heteroatoms. The number of nitrogens with two attached hydrogens (primary N) is 2. The molecule has 2 rings (SSSR count). The summed E-state index contributed by atoms with van der Waals surface area (Å²) in [5.74, 6) is 2.11. The van der Waals surface area contributed by atoms with Crippen LogP contribution in [0, 0.1) is 12.3 Å². The van der Waals surface area contributed by atoms with E-state index >= 15 is 0 Å². The molecule has 2 unspecified atom stereocenters. The van der Waals surface area contributed by atoms with E-state index in [2.05, 4.69) is 16.0 Å². The van der Waals surface area contributed by atoms with E-state index in [1.165, 1.54) is 0 Å². The van der Waals surface area contributed by atoms with E-state index in [0.29, 0.717) is 0 Å². The number of hydrogen-bond donors (Lipinski definition) is 4. The number of nitrogens with zero attached hydrogens (tertiary/aromatic N) is 3. The van der Waals surface area contributed by atoms with Crippen molar-refractivity contribution >= 4 is 5.82 Å². The molecule has 1 aliphatic rings. The number of aromatic nitrogens is 3. The van der Waals surface area contributed by atoms with Gasteiger partial charge in [0.15, 0.2) is 11.8 Å². The van der Waals surface area contributed by atoms with Crippen LogP contribution in [0.5, 0.6) is 0 Å². The number of nitrogen functional groups attached to an aromatic ring is 1. The summed E-state index contributed by atoms with van der Waals surface area (Å²) in [6.45, 7) is -0.505. The monoisotopic (exact) mass is 267 g/mol. The van der Waals surface area contributed by atoms with Crippen molar-refractivity contribution in [3.05, 3.63) is 16.7 Å². The van der Waals surface area contributed by atoms with Crippen molar-refractivity contribution in [2.75, 3.05) is 12.3 Å². The van der Waals surface area contributed by atoms with Crippen LogP contribution < -0.4 is 17.2 Å². The van der Waals surface area contributed by atoms with Gasteiger partial charge in [-0.15, -0.1) is 6.42 Å². The second-order valence-corrected chi connectivity index (χ2v) is 4.14. The second-order valence-electron chi connectivity index (χ2n) is 4.14. The highest BCUT2D eigenvalue weighted by Gasteiger charge is 2.54. The van der Waals surface area contributed by atoms with Gasteiger partial charge in [0.25, 0.3) is 0 Å². The van der Waals surface area contributed by atoms with Crippen LogP contribution in [-0.2, 0) is 4.74 Å². The third kappa shape index (κ3) is 1.96. The lowest BCUT2D eigenvalue weighted by Gasteiger charge is -2.26. The number of aliphatic hydroxyl groups is 2. The van der Waals surface area contributed by atoms with Crippen LogP contribution in [-0.4, -0.2) is 49.3 Å². The quantitative estimate of drug-likeness (QED) is 0.409. The van der Waals surface area contributed by atoms with Crippen molar-refractivity contribution in [1.82, 2.24) is 14.8 Å². The van der Waals surface area contributed by atoms with Crippen LogP contribution >= 0.6 is 0 Å². The first-order valence-electron chi connectivity index (χ1n) is 5.36. The summed E-state index contributed by atoms with van der Waals surface area (Å²) in [7, 11) is 0. The summed E-state index contributed by atoms with van der Waals surface area (Å²) in [5, 5.41) is 22.8. The molecule has 0 spiro atoms. The normalized spacial score (nSPS) is 34.1. The van der Waals surface area contributed by atoms with E-state index in [1.54, 1.807) is 0 Å². The third-order valence-corrected chi connectivity index (χ3v) is 2.94. The van der Waals surface area contributed by atoms with E-state index in [0.717, 1.165) is 10.9 Å². The Bertz CT molecular complexity index is 582. The van der Waals surface area contributed by atoms with E-state index in [1.807, 2.05) is 0 Å². The van der Waals surface area contributed by atoms with Crippen molar-refractivity contribution in [2.24, 2.45) is 5.73 Å². The zero-order chi connectivity index (χ0) is 14.2. The van der Waals surface area contributed by atoms with Crippen LogP contribution in [0.3, 0.4) is 0 Å². The number of aliphatic hydroxyl groups excluding tert-OH is 2. The second kappa shape index (κ2) is 4.60. The van der Waals surface area contributed by atoms with E-state index in [4.69, 9.17) is 27.7 Å². The Morgan fingerprint density at radius 1 is 1.68 bits per heavy atom. The fourth-order valence-corrected chi connectivity index (χ4v) is 1.89. The Balaban J connectivity index is 2.49. The third-order valence-electron chi connectivity index (χ3n) is 2.94. The molecule has 0 bridgehead atoms. The molecule has 19 heavy (non-hydrogen) atoms. The smallest absolute Gasteiger partial charge is 0.368 e. The highest BCUT2D eigenvalue weighted by molar-refractivity contribution is 5.23. The van der Waals surface area contributed by atoms with Crippen molar-refractivity contribution in [3.8, 4) is 12.3 Å². The van der Waals surface area contributed by atoms with E-state index < -0.39 is 36.3 Å². The molecule has 1 aromatic rings. The summed E-state index contributed by atoms with van der Waals surface area (Å²) in [6.07, 6.45) is 2.81. The van der Waals surface area contributed by atoms with Crippen molar-refractivity contribution in [3.63, 3.8) is 0 Å². The van der Waals surface area contributed by atoms with Crippen LogP contribution in [0.1, 0.15) is 6.23 Å². The molecule has 0 aromatic carbocycles. The molecule has 2 heterocycles. The van der Waals surface area contributed by atoms with Gasteiger partial charge in [-0.05, 0) is 0 Å². The summed E-state index contributed by atoms with van der Waals surface area (Å²) < 4.78 is 6.08. The Labute approximate surface area is 107 Å². The van der Waals surface area contributed by atoms with Gasteiger partial charge in [-0.2, -0.15) is 14.8 Å². The maximum atomic E-state index is 11.7. The first kappa shape index (κ1) is 13.4. The standard InChI is InChI=1S/C10H13N5O4/c1-2-10(12)7(17)5(4-16)19-8(10)15-9(18)14-6(11)3-13-15/h1,3,5,7-8,16-17H,4,12H2,(H2,11,14,18)/t5-,7?,8-,10?/m1/s1. The molecule has 0 radical (unpaired) electrons. The van der Waals surface area contributed by atoms with Gasteiger partial charge >= 0.3 is 5.69 Å². The Morgan fingerprint density at radius 3 is 2.89 bits per heavy atom. The average Bonchev–Trinajstić information content (AvgIpc) is 2.63. The molecular weight excluding hydrogens is 254 g/mol. The Kier molecular flexibility index (Phi) is 3.25. The fourth-order valence-electron chi connectivity index (χ4n) is 1.89. The number of hydrogen-bond acceptors (Lipinski definition) is 8. The minimum atomic E-state index is -1.71. The van der Waals surface area contributed by atoms with Gasteiger partial charge in [-0.1, -0.05) is 5.92 Å². The number of ether oxygens (including phenoxy) is 1. The SMILES string of the molecule is C#CC1(N)C(O)[C@@H](CO)O[C@H]1n1ncc(N)nc1=O. The van der Waals surface area contributed by atoms with Crippen molar-refractivity contribution < 1.29 is 14.9 Å². The minimum Gasteiger partial charge on any atom is -0.394 e. The summed E-state index contributed by atoms with van der Waals surface area (Å²) in [6, 6.07) is 0. The summed E-state index contributed by atoms with van der Waals surface area (Å²) in [5.41, 5.74) is 8.66.